The topological polar surface area (TPSA) is 21.3 Å². The Hall–Kier alpha value is -0.340. The second kappa shape index (κ2) is 8.93. The Balaban J connectivity index is 4.13. The predicted octanol–water partition coefficient (Wildman–Crippen LogP) is 3.14. The van der Waals surface area contributed by atoms with E-state index in [0.717, 1.165) is 25.8 Å². The smallest absolute Gasteiger partial charge is 0.0724 e. The van der Waals surface area contributed by atoms with Crippen LogP contribution in [-0.4, -0.2) is 25.8 Å². The fraction of sp³-hybridized carbons (Fsp3) is 0.846. The second-order valence-electron chi connectivity index (χ2n) is 4.22. The highest BCUT2D eigenvalue weighted by atomic mass is 16.5. The molecule has 0 bridgehead atoms. The number of allylic oxidation sites excluding steroid dienone is 1. The van der Waals surface area contributed by atoms with Crippen LogP contribution in [0, 0.1) is 0 Å². The fourth-order valence-corrected chi connectivity index (χ4v) is 1.85. The quantitative estimate of drug-likeness (QED) is 0.594. The normalized spacial score (nSPS) is 14.9. The second-order valence-corrected chi connectivity index (χ2v) is 4.22. The van der Waals surface area contributed by atoms with Crippen LogP contribution in [0.25, 0.3) is 0 Å². The molecule has 0 radical (unpaired) electrons. The molecule has 0 rings (SSSR count). The van der Waals surface area contributed by atoms with Gasteiger partial charge >= 0.3 is 0 Å². The number of hydrogen-bond donors (Lipinski definition) is 1. The van der Waals surface area contributed by atoms with Crippen LogP contribution in [0.5, 0.6) is 0 Å². The standard InChI is InChI=1S/C13H27NO/c1-6-8-13(15-5)12(14-7-2)10-9-11(3)4/h12-14H,3,6-10H2,1-2,4-5H3. The third kappa shape index (κ3) is 6.69. The Morgan fingerprint density at radius 1 is 1.33 bits per heavy atom. The average Bonchev–Trinajstić information content (AvgIpc) is 2.21. The maximum Gasteiger partial charge on any atom is 0.0724 e. The summed E-state index contributed by atoms with van der Waals surface area (Å²) in [6.45, 7) is 11.4. The molecule has 0 saturated carbocycles. The first-order valence-corrected chi connectivity index (χ1v) is 6.06. The molecule has 90 valence electrons. The molecule has 0 aliphatic rings. The van der Waals surface area contributed by atoms with Gasteiger partial charge in [-0.05, 0) is 32.7 Å². The maximum atomic E-state index is 5.55. The van der Waals surface area contributed by atoms with Gasteiger partial charge < -0.3 is 10.1 Å². The van der Waals surface area contributed by atoms with Gasteiger partial charge in [0.2, 0.25) is 0 Å². The van der Waals surface area contributed by atoms with Crippen LogP contribution in [0.2, 0.25) is 0 Å². The lowest BCUT2D eigenvalue weighted by Gasteiger charge is -2.26. The van der Waals surface area contributed by atoms with Gasteiger partial charge in [-0.2, -0.15) is 0 Å². The minimum atomic E-state index is 0.342. The van der Waals surface area contributed by atoms with E-state index in [1.165, 1.54) is 12.0 Å². The molecular weight excluding hydrogens is 186 g/mol. The SMILES string of the molecule is C=C(C)CCC(NCC)C(CCC)OC. The summed E-state index contributed by atoms with van der Waals surface area (Å²) in [6, 6.07) is 0.469. The monoisotopic (exact) mass is 213 g/mol. The molecule has 0 spiro atoms. The van der Waals surface area contributed by atoms with Crippen LogP contribution in [0.1, 0.15) is 46.5 Å². The maximum absolute atomic E-state index is 5.55. The average molecular weight is 213 g/mol. The molecule has 0 amide bonds. The molecule has 0 saturated heterocycles. The third-order valence-electron chi connectivity index (χ3n) is 2.67. The minimum Gasteiger partial charge on any atom is -0.380 e. The molecule has 2 unspecified atom stereocenters. The highest BCUT2D eigenvalue weighted by molar-refractivity contribution is 4.90. The highest BCUT2D eigenvalue weighted by Gasteiger charge is 2.18. The summed E-state index contributed by atoms with van der Waals surface area (Å²) in [5.74, 6) is 0. The van der Waals surface area contributed by atoms with Gasteiger partial charge in [0.05, 0.1) is 6.10 Å². The van der Waals surface area contributed by atoms with Gasteiger partial charge in [-0.3, -0.25) is 0 Å². The van der Waals surface area contributed by atoms with E-state index in [0.29, 0.717) is 12.1 Å². The molecule has 2 atom stereocenters. The Morgan fingerprint density at radius 3 is 2.40 bits per heavy atom. The van der Waals surface area contributed by atoms with Crippen molar-refractivity contribution >= 4 is 0 Å². The van der Waals surface area contributed by atoms with E-state index in [2.05, 4.69) is 32.7 Å². The molecule has 2 nitrogen and oxygen atoms in total. The van der Waals surface area contributed by atoms with Gasteiger partial charge in [-0.1, -0.05) is 25.8 Å². The number of ether oxygens (including phenoxy) is 1. The van der Waals surface area contributed by atoms with Crippen molar-refractivity contribution in [2.75, 3.05) is 13.7 Å². The molecule has 0 aliphatic heterocycles. The van der Waals surface area contributed by atoms with Gasteiger partial charge in [-0.25, -0.2) is 0 Å². The van der Waals surface area contributed by atoms with Crippen LogP contribution >= 0.6 is 0 Å². The van der Waals surface area contributed by atoms with Crippen molar-refractivity contribution in [2.45, 2.75) is 58.6 Å². The van der Waals surface area contributed by atoms with Crippen LogP contribution in [-0.2, 0) is 4.74 Å². The van der Waals surface area contributed by atoms with Crippen LogP contribution in [0.4, 0.5) is 0 Å². The first-order valence-electron chi connectivity index (χ1n) is 6.06. The summed E-state index contributed by atoms with van der Waals surface area (Å²) in [6.07, 6.45) is 4.86. The fourth-order valence-electron chi connectivity index (χ4n) is 1.85. The summed E-state index contributed by atoms with van der Waals surface area (Å²) in [7, 11) is 1.81. The first-order chi connectivity index (χ1) is 7.15. The van der Waals surface area contributed by atoms with Crippen molar-refractivity contribution in [1.29, 1.82) is 0 Å². The number of likely N-dealkylation sites (N-methyl/N-ethyl adjacent to an activating group) is 1. The molecule has 0 aliphatic carbocycles. The van der Waals surface area contributed by atoms with E-state index in [-0.39, 0.29) is 0 Å². The van der Waals surface area contributed by atoms with E-state index in [4.69, 9.17) is 4.74 Å². The predicted molar refractivity (Wildman–Crippen MR) is 67.2 cm³/mol. The Kier molecular flexibility index (Phi) is 8.73. The van der Waals surface area contributed by atoms with Gasteiger partial charge in [0.25, 0.3) is 0 Å². The lowest BCUT2D eigenvalue weighted by molar-refractivity contribution is 0.0587. The van der Waals surface area contributed by atoms with Gasteiger partial charge in [0, 0.05) is 13.2 Å². The summed E-state index contributed by atoms with van der Waals surface area (Å²) in [4.78, 5) is 0. The van der Waals surface area contributed by atoms with Crippen molar-refractivity contribution in [1.82, 2.24) is 5.32 Å². The van der Waals surface area contributed by atoms with Crippen LogP contribution < -0.4 is 5.32 Å². The highest BCUT2D eigenvalue weighted by Crippen LogP contribution is 2.13. The number of methoxy groups -OCH3 is 1. The van der Waals surface area contributed by atoms with Crippen molar-refractivity contribution in [3.63, 3.8) is 0 Å². The molecule has 0 heterocycles. The third-order valence-corrected chi connectivity index (χ3v) is 2.67. The summed E-state index contributed by atoms with van der Waals surface area (Å²) in [5, 5.41) is 3.51. The summed E-state index contributed by atoms with van der Waals surface area (Å²) in [5.41, 5.74) is 1.25. The minimum absolute atomic E-state index is 0.342. The Labute approximate surface area is 95.1 Å². The van der Waals surface area contributed by atoms with E-state index < -0.39 is 0 Å². The summed E-state index contributed by atoms with van der Waals surface area (Å²) >= 11 is 0. The molecule has 2 heteroatoms. The zero-order chi connectivity index (χ0) is 11.7. The summed E-state index contributed by atoms with van der Waals surface area (Å²) < 4.78 is 5.55. The van der Waals surface area contributed by atoms with E-state index >= 15 is 0 Å². The van der Waals surface area contributed by atoms with E-state index in [1.807, 2.05) is 7.11 Å². The van der Waals surface area contributed by atoms with Crippen molar-refractivity contribution < 1.29 is 4.74 Å². The van der Waals surface area contributed by atoms with Crippen molar-refractivity contribution in [3.05, 3.63) is 12.2 Å². The Morgan fingerprint density at radius 2 is 2.00 bits per heavy atom. The number of hydrogen-bond acceptors (Lipinski definition) is 2. The Bertz CT molecular complexity index is 168. The van der Waals surface area contributed by atoms with E-state index in [1.54, 1.807) is 0 Å². The lowest BCUT2D eigenvalue weighted by Crippen LogP contribution is -2.40. The zero-order valence-corrected chi connectivity index (χ0v) is 10.8. The van der Waals surface area contributed by atoms with Crippen LogP contribution in [0.15, 0.2) is 12.2 Å². The van der Waals surface area contributed by atoms with Gasteiger partial charge in [-0.15, -0.1) is 6.58 Å². The lowest BCUT2D eigenvalue weighted by atomic mass is 9.99. The van der Waals surface area contributed by atoms with Crippen molar-refractivity contribution in [3.8, 4) is 0 Å². The number of nitrogens with one attached hydrogen (secondary N) is 1. The van der Waals surface area contributed by atoms with E-state index in [9.17, 15) is 0 Å². The van der Waals surface area contributed by atoms with Crippen LogP contribution in [0.3, 0.4) is 0 Å². The molecule has 0 aromatic rings. The molecule has 0 aromatic carbocycles. The number of rotatable bonds is 9. The van der Waals surface area contributed by atoms with Gasteiger partial charge in [0.1, 0.15) is 0 Å². The molecule has 0 aromatic heterocycles. The van der Waals surface area contributed by atoms with Gasteiger partial charge in [0.15, 0.2) is 0 Å². The molecule has 1 N–H and O–H groups in total. The molecule has 15 heavy (non-hydrogen) atoms. The van der Waals surface area contributed by atoms with Crippen molar-refractivity contribution in [2.24, 2.45) is 0 Å². The molecule has 0 fully saturated rings. The zero-order valence-electron chi connectivity index (χ0n) is 10.8. The first kappa shape index (κ1) is 14.7. The molecular formula is C13H27NO. The largest absolute Gasteiger partial charge is 0.380 e.